The molecule has 1 aromatic heterocycles. The zero-order chi connectivity index (χ0) is 20.4. The van der Waals surface area contributed by atoms with Crippen molar-refractivity contribution in [2.75, 3.05) is 10.6 Å². The lowest BCUT2D eigenvalue weighted by atomic mass is 10.1. The predicted molar refractivity (Wildman–Crippen MR) is 107 cm³/mol. The summed E-state index contributed by atoms with van der Waals surface area (Å²) in [5.41, 5.74) is 1.48. The third kappa shape index (κ3) is 3.86. The van der Waals surface area contributed by atoms with E-state index < -0.39 is 6.04 Å². The standard InChI is InChI=1S/C21H17N3O5/c25-17-9-10-29-18-7-5-12(11-14(17)18)22-19(26)8-6-16-21(28)23-15-4-2-1-3-13(15)20(27)24-16/h1-5,7,9-11,16H,6,8H2,(H,22,26)(H,23,28)(H,24,27)/t16-/m1/s1. The van der Waals surface area contributed by atoms with E-state index in [-0.39, 0.29) is 36.0 Å². The Kier molecular flexibility index (Phi) is 4.82. The Morgan fingerprint density at radius 2 is 1.90 bits per heavy atom. The third-order valence-corrected chi connectivity index (χ3v) is 4.65. The summed E-state index contributed by atoms with van der Waals surface area (Å²) in [5.74, 6) is -1.08. The molecule has 0 fully saturated rings. The molecule has 3 amide bonds. The number of nitrogens with one attached hydrogen (secondary N) is 3. The summed E-state index contributed by atoms with van der Waals surface area (Å²) in [6.45, 7) is 0. The Morgan fingerprint density at radius 1 is 1.07 bits per heavy atom. The Hall–Kier alpha value is -3.94. The molecule has 3 aromatic rings. The van der Waals surface area contributed by atoms with Gasteiger partial charge >= 0.3 is 0 Å². The molecule has 1 aliphatic rings. The Labute approximate surface area is 164 Å². The molecule has 0 radical (unpaired) electrons. The van der Waals surface area contributed by atoms with Crippen LogP contribution in [0.15, 0.2) is 64.0 Å². The fourth-order valence-corrected chi connectivity index (χ4v) is 3.18. The molecule has 3 N–H and O–H groups in total. The zero-order valence-corrected chi connectivity index (χ0v) is 15.2. The molecule has 8 heteroatoms. The lowest BCUT2D eigenvalue weighted by Gasteiger charge is -2.14. The molecule has 4 rings (SSSR count). The number of para-hydroxylation sites is 1. The Balaban J connectivity index is 1.41. The molecular weight excluding hydrogens is 374 g/mol. The summed E-state index contributed by atoms with van der Waals surface area (Å²) in [5, 5.41) is 8.41. The van der Waals surface area contributed by atoms with Crippen LogP contribution in [0.2, 0.25) is 0 Å². The van der Waals surface area contributed by atoms with Crippen LogP contribution in [0.4, 0.5) is 11.4 Å². The number of benzene rings is 2. The highest BCUT2D eigenvalue weighted by Gasteiger charge is 2.27. The molecule has 0 bridgehead atoms. The van der Waals surface area contributed by atoms with E-state index in [1.54, 1.807) is 36.4 Å². The molecule has 8 nitrogen and oxygen atoms in total. The maximum atomic E-state index is 12.4. The maximum absolute atomic E-state index is 12.4. The number of hydrogen-bond donors (Lipinski definition) is 3. The van der Waals surface area contributed by atoms with Crippen LogP contribution in [0.5, 0.6) is 0 Å². The van der Waals surface area contributed by atoms with Gasteiger partial charge in [-0.15, -0.1) is 0 Å². The highest BCUT2D eigenvalue weighted by molar-refractivity contribution is 6.10. The minimum atomic E-state index is -0.829. The molecular formula is C21H17N3O5. The molecule has 0 saturated carbocycles. The number of fused-ring (bicyclic) bond motifs is 2. The SMILES string of the molecule is O=C(CC[C@H]1NC(=O)c2ccccc2NC1=O)Nc1ccc2occc(=O)c2c1. The lowest BCUT2D eigenvalue weighted by Crippen LogP contribution is -2.41. The second-order valence-corrected chi connectivity index (χ2v) is 6.64. The van der Waals surface area contributed by atoms with Crippen LogP contribution in [0.1, 0.15) is 23.2 Å². The largest absolute Gasteiger partial charge is 0.464 e. The van der Waals surface area contributed by atoms with E-state index in [1.165, 1.54) is 18.4 Å². The van der Waals surface area contributed by atoms with Gasteiger partial charge < -0.3 is 20.4 Å². The molecule has 146 valence electrons. The van der Waals surface area contributed by atoms with Crippen molar-refractivity contribution < 1.29 is 18.8 Å². The van der Waals surface area contributed by atoms with E-state index in [4.69, 9.17) is 4.42 Å². The topological polar surface area (TPSA) is 118 Å². The minimum absolute atomic E-state index is 0.0101. The van der Waals surface area contributed by atoms with Crippen LogP contribution < -0.4 is 21.4 Å². The van der Waals surface area contributed by atoms with Gasteiger partial charge in [0.15, 0.2) is 5.43 Å². The van der Waals surface area contributed by atoms with E-state index in [0.29, 0.717) is 27.9 Å². The normalized spacial score (nSPS) is 15.8. The van der Waals surface area contributed by atoms with Crippen molar-refractivity contribution in [3.8, 4) is 0 Å². The van der Waals surface area contributed by atoms with Gasteiger partial charge in [-0.25, -0.2) is 0 Å². The van der Waals surface area contributed by atoms with Gasteiger partial charge in [-0.2, -0.15) is 0 Å². The molecule has 0 spiro atoms. The van der Waals surface area contributed by atoms with Gasteiger partial charge in [-0.05, 0) is 36.8 Å². The second kappa shape index (κ2) is 7.59. The molecule has 0 saturated heterocycles. The van der Waals surface area contributed by atoms with E-state index in [9.17, 15) is 19.2 Å². The number of amides is 3. The number of rotatable bonds is 4. The third-order valence-electron chi connectivity index (χ3n) is 4.65. The predicted octanol–water partition coefficient (Wildman–Crippen LogP) is 2.26. The summed E-state index contributed by atoms with van der Waals surface area (Å²) >= 11 is 0. The molecule has 1 atom stereocenters. The van der Waals surface area contributed by atoms with Crippen LogP contribution in [0.25, 0.3) is 11.0 Å². The minimum Gasteiger partial charge on any atom is -0.464 e. The fourth-order valence-electron chi connectivity index (χ4n) is 3.18. The van der Waals surface area contributed by atoms with Crippen molar-refractivity contribution >= 4 is 40.1 Å². The molecule has 0 aliphatic carbocycles. The van der Waals surface area contributed by atoms with Gasteiger partial charge in [0.25, 0.3) is 5.91 Å². The molecule has 1 aliphatic heterocycles. The average Bonchev–Trinajstić information content (AvgIpc) is 2.83. The van der Waals surface area contributed by atoms with Crippen LogP contribution in [-0.4, -0.2) is 23.8 Å². The quantitative estimate of drug-likeness (QED) is 0.631. The summed E-state index contributed by atoms with van der Waals surface area (Å²) in [6.07, 6.45) is 1.45. The van der Waals surface area contributed by atoms with Crippen molar-refractivity contribution in [3.63, 3.8) is 0 Å². The second-order valence-electron chi connectivity index (χ2n) is 6.64. The van der Waals surface area contributed by atoms with Crippen molar-refractivity contribution in [2.45, 2.75) is 18.9 Å². The van der Waals surface area contributed by atoms with Gasteiger partial charge in [0, 0.05) is 18.2 Å². The van der Waals surface area contributed by atoms with Crippen molar-refractivity contribution in [2.24, 2.45) is 0 Å². The van der Waals surface area contributed by atoms with E-state index in [2.05, 4.69) is 16.0 Å². The number of carbonyl (C=O) groups is 3. The summed E-state index contributed by atoms with van der Waals surface area (Å²) < 4.78 is 5.24. The van der Waals surface area contributed by atoms with E-state index >= 15 is 0 Å². The van der Waals surface area contributed by atoms with Crippen LogP contribution in [0, 0.1) is 0 Å². The van der Waals surface area contributed by atoms with Crippen LogP contribution in [0.3, 0.4) is 0 Å². The number of anilines is 2. The first kappa shape index (κ1) is 18.4. The molecule has 0 unspecified atom stereocenters. The molecule has 29 heavy (non-hydrogen) atoms. The molecule has 2 aromatic carbocycles. The highest BCUT2D eigenvalue weighted by Crippen LogP contribution is 2.20. The van der Waals surface area contributed by atoms with E-state index in [0.717, 1.165) is 0 Å². The lowest BCUT2D eigenvalue weighted by molar-refractivity contribution is -0.118. The van der Waals surface area contributed by atoms with Gasteiger partial charge in [0.05, 0.1) is 22.9 Å². The van der Waals surface area contributed by atoms with Crippen LogP contribution >= 0.6 is 0 Å². The number of hydrogen-bond acceptors (Lipinski definition) is 5. The fraction of sp³-hybridized carbons (Fsp3) is 0.143. The summed E-state index contributed by atoms with van der Waals surface area (Å²) in [7, 11) is 0. The van der Waals surface area contributed by atoms with E-state index in [1.807, 2.05) is 0 Å². The monoisotopic (exact) mass is 391 g/mol. The first-order chi connectivity index (χ1) is 14.0. The summed E-state index contributed by atoms with van der Waals surface area (Å²) in [6, 6.07) is 11.9. The Bertz CT molecular complexity index is 1180. The maximum Gasteiger partial charge on any atom is 0.254 e. The zero-order valence-electron chi connectivity index (χ0n) is 15.2. The van der Waals surface area contributed by atoms with Crippen LogP contribution in [-0.2, 0) is 9.59 Å². The van der Waals surface area contributed by atoms with Gasteiger partial charge in [-0.3, -0.25) is 19.2 Å². The Morgan fingerprint density at radius 3 is 2.76 bits per heavy atom. The molecule has 2 heterocycles. The van der Waals surface area contributed by atoms with Crippen molar-refractivity contribution in [3.05, 3.63) is 70.6 Å². The number of carbonyl (C=O) groups excluding carboxylic acids is 3. The van der Waals surface area contributed by atoms with Gasteiger partial charge in [0.1, 0.15) is 11.6 Å². The van der Waals surface area contributed by atoms with Gasteiger partial charge in [0.2, 0.25) is 11.8 Å². The first-order valence-electron chi connectivity index (χ1n) is 9.03. The van der Waals surface area contributed by atoms with Crippen molar-refractivity contribution in [1.29, 1.82) is 0 Å². The summed E-state index contributed by atoms with van der Waals surface area (Å²) in [4.78, 5) is 48.9. The average molecular weight is 391 g/mol. The first-order valence-corrected chi connectivity index (χ1v) is 9.03. The highest BCUT2D eigenvalue weighted by atomic mass is 16.3. The smallest absolute Gasteiger partial charge is 0.254 e. The van der Waals surface area contributed by atoms with Gasteiger partial charge in [-0.1, -0.05) is 12.1 Å². The van der Waals surface area contributed by atoms with Crippen molar-refractivity contribution in [1.82, 2.24) is 5.32 Å².